The highest BCUT2D eigenvalue weighted by Gasteiger charge is 2.12. The van der Waals surface area contributed by atoms with Gasteiger partial charge in [-0.3, -0.25) is 4.79 Å². The van der Waals surface area contributed by atoms with Crippen molar-refractivity contribution >= 4 is 17.3 Å². The topological polar surface area (TPSA) is 41.1 Å². The molecular formula is C16H17FN2O. The van der Waals surface area contributed by atoms with Crippen LogP contribution < -0.4 is 10.6 Å². The molecule has 0 spiro atoms. The molecule has 0 aliphatic rings. The molecule has 0 heterocycles. The molecule has 2 aromatic rings. The number of nitrogens with one attached hydrogen (secondary N) is 2. The number of aryl methyl sites for hydroxylation is 1. The molecule has 2 N–H and O–H groups in total. The standard InChI is InChI=1S/C16H17FN2O/c1-11-6-8-14(9-7-11)18-12(2)16(20)19-15-5-3-4-13(17)10-15/h3-10,12,18H,1-2H3,(H,19,20). The van der Waals surface area contributed by atoms with Gasteiger partial charge in [-0.05, 0) is 44.2 Å². The largest absolute Gasteiger partial charge is 0.374 e. The number of carbonyl (C=O) groups is 1. The number of hydrogen-bond donors (Lipinski definition) is 2. The van der Waals surface area contributed by atoms with Crippen LogP contribution in [-0.4, -0.2) is 11.9 Å². The number of rotatable bonds is 4. The Morgan fingerprint density at radius 2 is 1.80 bits per heavy atom. The molecule has 1 unspecified atom stereocenters. The van der Waals surface area contributed by atoms with Crippen molar-refractivity contribution in [3.05, 3.63) is 59.9 Å². The van der Waals surface area contributed by atoms with E-state index in [4.69, 9.17) is 0 Å². The van der Waals surface area contributed by atoms with Crippen LogP contribution in [0.2, 0.25) is 0 Å². The van der Waals surface area contributed by atoms with Gasteiger partial charge in [-0.2, -0.15) is 0 Å². The predicted octanol–water partition coefficient (Wildman–Crippen LogP) is 3.57. The van der Waals surface area contributed by atoms with E-state index < -0.39 is 6.04 Å². The van der Waals surface area contributed by atoms with Crippen molar-refractivity contribution in [1.82, 2.24) is 0 Å². The molecule has 0 fully saturated rings. The van der Waals surface area contributed by atoms with Crippen molar-refractivity contribution in [2.45, 2.75) is 19.9 Å². The Bertz CT molecular complexity index is 596. The monoisotopic (exact) mass is 272 g/mol. The number of anilines is 2. The van der Waals surface area contributed by atoms with E-state index in [2.05, 4.69) is 10.6 Å². The van der Waals surface area contributed by atoms with Crippen molar-refractivity contribution in [1.29, 1.82) is 0 Å². The number of halogens is 1. The van der Waals surface area contributed by atoms with Crippen molar-refractivity contribution < 1.29 is 9.18 Å². The number of amides is 1. The van der Waals surface area contributed by atoms with E-state index in [0.29, 0.717) is 5.69 Å². The molecule has 0 radical (unpaired) electrons. The van der Waals surface area contributed by atoms with Crippen LogP contribution in [0.1, 0.15) is 12.5 Å². The molecular weight excluding hydrogens is 255 g/mol. The second-order valence-electron chi connectivity index (χ2n) is 4.73. The van der Waals surface area contributed by atoms with E-state index >= 15 is 0 Å². The van der Waals surface area contributed by atoms with Crippen LogP contribution in [0, 0.1) is 12.7 Å². The van der Waals surface area contributed by atoms with Gasteiger partial charge in [0.25, 0.3) is 0 Å². The number of hydrogen-bond acceptors (Lipinski definition) is 2. The molecule has 1 atom stereocenters. The molecule has 3 nitrogen and oxygen atoms in total. The lowest BCUT2D eigenvalue weighted by molar-refractivity contribution is -0.116. The lowest BCUT2D eigenvalue weighted by Crippen LogP contribution is -2.31. The molecule has 4 heteroatoms. The molecule has 20 heavy (non-hydrogen) atoms. The Morgan fingerprint density at radius 3 is 2.45 bits per heavy atom. The SMILES string of the molecule is Cc1ccc(NC(C)C(=O)Nc2cccc(F)c2)cc1. The molecule has 0 bridgehead atoms. The maximum atomic E-state index is 13.0. The lowest BCUT2D eigenvalue weighted by atomic mass is 10.2. The average Bonchev–Trinajstić information content (AvgIpc) is 2.41. The van der Waals surface area contributed by atoms with E-state index in [0.717, 1.165) is 11.3 Å². The van der Waals surface area contributed by atoms with E-state index in [9.17, 15) is 9.18 Å². The van der Waals surface area contributed by atoms with E-state index in [1.165, 1.54) is 12.1 Å². The average molecular weight is 272 g/mol. The summed E-state index contributed by atoms with van der Waals surface area (Å²) in [7, 11) is 0. The maximum absolute atomic E-state index is 13.0. The van der Waals surface area contributed by atoms with Gasteiger partial charge in [-0.1, -0.05) is 23.8 Å². The fourth-order valence-corrected chi connectivity index (χ4v) is 1.78. The molecule has 2 rings (SSSR count). The van der Waals surface area contributed by atoms with Crippen LogP contribution in [0.25, 0.3) is 0 Å². The van der Waals surface area contributed by atoms with Gasteiger partial charge in [-0.15, -0.1) is 0 Å². The first-order valence-electron chi connectivity index (χ1n) is 6.44. The summed E-state index contributed by atoms with van der Waals surface area (Å²) in [6, 6.07) is 13.2. The van der Waals surface area contributed by atoms with Gasteiger partial charge in [0.2, 0.25) is 5.91 Å². The van der Waals surface area contributed by atoms with Gasteiger partial charge >= 0.3 is 0 Å². The Kier molecular flexibility index (Phi) is 4.35. The van der Waals surface area contributed by atoms with Gasteiger partial charge in [0, 0.05) is 11.4 Å². The smallest absolute Gasteiger partial charge is 0.246 e. The summed E-state index contributed by atoms with van der Waals surface area (Å²) < 4.78 is 13.0. The van der Waals surface area contributed by atoms with Gasteiger partial charge in [0.05, 0.1) is 0 Å². The summed E-state index contributed by atoms with van der Waals surface area (Å²) in [6.07, 6.45) is 0. The summed E-state index contributed by atoms with van der Waals surface area (Å²) in [5, 5.41) is 5.77. The summed E-state index contributed by atoms with van der Waals surface area (Å²) in [5.41, 5.74) is 2.48. The van der Waals surface area contributed by atoms with Gasteiger partial charge in [0.1, 0.15) is 11.9 Å². The summed E-state index contributed by atoms with van der Waals surface area (Å²) in [6.45, 7) is 3.76. The van der Waals surface area contributed by atoms with Crippen LogP contribution in [0.4, 0.5) is 15.8 Å². The molecule has 0 saturated heterocycles. The highest BCUT2D eigenvalue weighted by Crippen LogP contribution is 2.12. The Balaban J connectivity index is 1.96. The first-order valence-corrected chi connectivity index (χ1v) is 6.44. The Labute approximate surface area is 117 Å². The van der Waals surface area contributed by atoms with Crippen LogP contribution in [0.3, 0.4) is 0 Å². The third-order valence-electron chi connectivity index (χ3n) is 2.92. The minimum Gasteiger partial charge on any atom is -0.374 e. The molecule has 0 aliphatic heterocycles. The minimum absolute atomic E-state index is 0.212. The van der Waals surface area contributed by atoms with Crippen LogP contribution in [0.15, 0.2) is 48.5 Å². The van der Waals surface area contributed by atoms with Gasteiger partial charge in [-0.25, -0.2) is 4.39 Å². The van der Waals surface area contributed by atoms with Crippen molar-refractivity contribution in [3.8, 4) is 0 Å². The highest BCUT2D eigenvalue weighted by molar-refractivity contribution is 5.96. The second-order valence-corrected chi connectivity index (χ2v) is 4.73. The van der Waals surface area contributed by atoms with Crippen LogP contribution in [-0.2, 0) is 4.79 Å². The van der Waals surface area contributed by atoms with Crippen LogP contribution in [0.5, 0.6) is 0 Å². The fraction of sp³-hybridized carbons (Fsp3) is 0.188. The third-order valence-corrected chi connectivity index (χ3v) is 2.92. The van der Waals surface area contributed by atoms with Crippen LogP contribution >= 0.6 is 0 Å². The Morgan fingerprint density at radius 1 is 1.10 bits per heavy atom. The normalized spacial score (nSPS) is 11.8. The minimum atomic E-state index is -0.416. The summed E-state index contributed by atoms with van der Waals surface area (Å²) in [5.74, 6) is -0.585. The van der Waals surface area contributed by atoms with E-state index in [-0.39, 0.29) is 11.7 Å². The zero-order valence-electron chi connectivity index (χ0n) is 11.5. The van der Waals surface area contributed by atoms with E-state index in [1.54, 1.807) is 19.1 Å². The number of carbonyl (C=O) groups excluding carboxylic acids is 1. The fourth-order valence-electron chi connectivity index (χ4n) is 1.78. The van der Waals surface area contributed by atoms with Crippen molar-refractivity contribution in [3.63, 3.8) is 0 Å². The van der Waals surface area contributed by atoms with Crippen molar-refractivity contribution in [2.75, 3.05) is 10.6 Å². The molecule has 0 saturated carbocycles. The number of benzene rings is 2. The second kappa shape index (κ2) is 6.19. The zero-order chi connectivity index (χ0) is 14.5. The van der Waals surface area contributed by atoms with Gasteiger partial charge < -0.3 is 10.6 Å². The lowest BCUT2D eigenvalue weighted by Gasteiger charge is -2.15. The first-order chi connectivity index (χ1) is 9.54. The van der Waals surface area contributed by atoms with Crippen molar-refractivity contribution in [2.24, 2.45) is 0 Å². The molecule has 0 aliphatic carbocycles. The molecule has 104 valence electrons. The predicted molar refractivity (Wildman–Crippen MR) is 79.3 cm³/mol. The Hall–Kier alpha value is -2.36. The summed E-state index contributed by atoms with van der Waals surface area (Å²) >= 11 is 0. The third kappa shape index (κ3) is 3.82. The zero-order valence-corrected chi connectivity index (χ0v) is 11.5. The quantitative estimate of drug-likeness (QED) is 0.893. The molecule has 1 amide bonds. The maximum Gasteiger partial charge on any atom is 0.246 e. The van der Waals surface area contributed by atoms with E-state index in [1.807, 2.05) is 31.2 Å². The molecule has 0 aromatic heterocycles. The molecule has 2 aromatic carbocycles. The summed E-state index contributed by atoms with van der Waals surface area (Å²) in [4.78, 5) is 12.0. The first kappa shape index (κ1) is 14.1. The highest BCUT2D eigenvalue weighted by atomic mass is 19.1. The van der Waals surface area contributed by atoms with Gasteiger partial charge in [0.15, 0.2) is 0 Å².